The number of alkyl carbamates (subject to hydrolysis) is 1. The molecule has 0 saturated heterocycles. The van der Waals surface area contributed by atoms with Gasteiger partial charge in [-0.3, -0.25) is 4.98 Å². The predicted octanol–water partition coefficient (Wildman–Crippen LogP) is 7.38. The van der Waals surface area contributed by atoms with Crippen LogP contribution in [0.2, 0.25) is 5.02 Å². The second-order valence-electron chi connectivity index (χ2n) is 8.61. The van der Waals surface area contributed by atoms with Crippen LogP contribution in [0.15, 0.2) is 103 Å². The van der Waals surface area contributed by atoms with Crippen molar-refractivity contribution in [3.63, 3.8) is 0 Å². The molecule has 1 N–H and O–H groups in total. The van der Waals surface area contributed by atoms with Crippen LogP contribution in [-0.4, -0.2) is 23.6 Å². The molecule has 0 aliphatic rings. The highest BCUT2D eigenvalue weighted by Gasteiger charge is 2.45. The number of halogens is 5. The van der Waals surface area contributed by atoms with Gasteiger partial charge >= 0.3 is 18.6 Å². The molecule has 0 spiro atoms. The molecule has 0 unspecified atom stereocenters. The van der Waals surface area contributed by atoms with Gasteiger partial charge in [0.25, 0.3) is 0 Å². The normalized spacial score (nSPS) is 13.0. The fourth-order valence-corrected chi connectivity index (χ4v) is 4.12. The number of nitrogens with zero attached hydrogens (tertiary/aromatic N) is 1. The first kappa shape index (κ1) is 27.9. The summed E-state index contributed by atoms with van der Waals surface area (Å²) in [5.74, 6) is -0.524. The van der Waals surface area contributed by atoms with Crippen molar-refractivity contribution < 1.29 is 31.8 Å². The molecule has 1 heterocycles. The number of carbonyl (C=O) groups is 1. The highest BCUT2D eigenvalue weighted by atomic mass is 35.5. The minimum atomic E-state index is -4.72. The van der Waals surface area contributed by atoms with Gasteiger partial charge in [0, 0.05) is 12.6 Å². The van der Waals surface area contributed by atoms with Crippen molar-refractivity contribution in [2.45, 2.75) is 31.1 Å². The Morgan fingerprint density at radius 3 is 2.18 bits per heavy atom. The summed E-state index contributed by atoms with van der Waals surface area (Å²) in [7, 11) is 0. The zero-order valence-corrected chi connectivity index (χ0v) is 21.1. The lowest BCUT2D eigenvalue weighted by Gasteiger charge is -2.35. The van der Waals surface area contributed by atoms with Crippen LogP contribution in [0, 0.1) is 0 Å². The fraction of sp³-hybridized carbons (Fsp3) is 0.172. The molecule has 0 radical (unpaired) electrons. The van der Waals surface area contributed by atoms with Crippen molar-refractivity contribution in [3.05, 3.63) is 131 Å². The van der Waals surface area contributed by atoms with Crippen LogP contribution < -0.4 is 10.1 Å². The standard InChI is InChI=1S/C29H23ClF4N2O3/c30-23-14-15-25(35-18-23)28(17-20-8-3-1-4-9-20,36-27(37)38-19-21-10-5-2-6-11-21)22-12-7-13-24(16-22)39-29(33,34)26(31)32/h1-16,18,26H,17,19H2,(H,36,37)/t28-/m1/s1. The number of rotatable bonds is 10. The second-order valence-corrected chi connectivity index (χ2v) is 9.04. The Labute approximate surface area is 227 Å². The lowest BCUT2D eigenvalue weighted by molar-refractivity contribution is -0.253. The van der Waals surface area contributed by atoms with E-state index in [2.05, 4.69) is 15.0 Å². The minimum Gasteiger partial charge on any atom is -0.445 e. The van der Waals surface area contributed by atoms with Gasteiger partial charge in [0.15, 0.2) is 0 Å². The molecule has 0 aliphatic heterocycles. The van der Waals surface area contributed by atoms with Crippen LogP contribution in [0.1, 0.15) is 22.4 Å². The van der Waals surface area contributed by atoms with Crippen LogP contribution >= 0.6 is 11.6 Å². The first-order valence-electron chi connectivity index (χ1n) is 11.8. The van der Waals surface area contributed by atoms with E-state index < -0.39 is 29.9 Å². The number of ether oxygens (including phenoxy) is 2. The molecule has 1 amide bonds. The van der Waals surface area contributed by atoms with Crippen molar-refractivity contribution >= 4 is 17.7 Å². The zero-order chi connectivity index (χ0) is 27.9. The molecule has 4 rings (SSSR count). The molecule has 1 aromatic heterocycles. The van der Waals surface area contributed by atoms with Gasteiger partial charge in [0.2, 0.25) is 0 Å². The van der Waals surface area contributed by atoms with Gasteiger partial charge in [0.05, 0.1) is 10.7 Å². The Morgan fingerprint density at radius 2 is 1.56 bits per heavy atom. The minimum absolute atomic E-state index is 0.0358. The summed E-state index contributed by atoms with van der Waals surface area (Å²) in [5, 5.41) is 3.18. The molecule has 0 aliphatic carbocycles. The van der Waals surface area contributed by atoms with Crippen molar-refractivity contribution in [3.8, 4) is 5.75 Å². The van der Waals surface area contributed by atoms with Crippen molar-refractivity contribution in [2.75, 3.05) is 0 Å². The van der Waals surface area contributed by atoms with E-state index in [1.165, 1.54) is 12.3 Å². The molecule has 5 nitrogen and oxygen atoms in total. The van der Waals surface area contributed by atoms with Gasteiger partial charge in [-0.05, 0) is 41.0 Å². The van der Waals surface area contributed by atoms with E-state index in [1.54, 1.807) is 54.6 Å². The van der Waals surface area contributed by atoms with E-state index >= 15 is 0 Å². The number of carbonyl (C=O) groups excluding carboxylic acids is 1. The van der Waals surface area contributed by atoms with Crippen LogP contribution in [0.25, 0.3) is 0 Å². The summed E-state index contributed by atoms with van der Waals surface area (Å²) in [6.45, 7) is -0.0358. The lowest BCUT2D eigenvalue weighted by Crippen LogP contribution is -2.49. The number of aromatic nitrogens is 1. The zero-order valence-electron chi connectivity index (χ0n) is 20.4. The van der Waals surface area contributed by atoms with Gasteiger partial charge in [-0.1, -0.05) is 84.4 Å². The molecule has 0 fully saturated rings. The van der Waals surface area contributed by atoms with Crippen molar-refractivity contribution in [1.82, 2.24) is 10.3 Å². The predicted molar refractivity (Wildman–Crippen MR) is 138 cm³/mol. The largest absolute Gasteiger partial charge is 0.461 e. The molecule has 202 valence electrons. The second kappa shape index (κ2) is 12.2. The lowest BCUT2D eigenvalue weighted by atomic mass is 9.80. The average molecular weight is 559 g/mol. The number of hydrogen-bond acceptors (Lipinski definition) is 4. The number of benzene rings is 3. The smallest absolute Gasteiger partial charge is 0.445 e. The first-order chi connectivity index (χ1) is 18.7. The molecule has 3 aromatic carbocycles. The molecular weight excluding hydrogens is 536 g/mol. The molecule has 10 heteroatoms. The Balaban J connectivity index is 1.79. The van der Waals surface area contributed by atoms with E-state index in [0.29, 0.717) is 10.7 Å². The number of hydrogen-bond donors (Lipinski definition) is 1. The van der Waals surface area contributed by atoms with Gasteiger partial charge in [-0.15, -0.1) is 0 Å². The van der Waals surface area contributed by atoms with Gasteiger partial charge in [0.1, 0.15) is 17.9 Å². The quantitative estimate of drug-likeness (QED) is 0.206. The van der Waals surface area contributed by atoms with Gasteiger partial charge in [-0.2, -0.15) is 17.6 Å². The monoisotopic (exact) mass is 558 g/mol. The van der Waals surface area contributed by atoms with Crippen molar-refractivity contribution in [2.24, 2.45) is 0 Å². The van der Waals surface area contributed by atoms with Crippen LogP contribution in [0.3, 0.4) is 0 Å². The third-order valence-electron chi connectivity index (χ3n) is 5.84. The maximum Gasteiger partial charge on any atom is 0.461 e. The van der Waals surface area contributed by atoms with E-state index in [4.69, 9.17) is 16.3 Å². The number of nitrogens with one attached hydrogen (secondary N) is 1. The first-order valence-corrected chi connectivity index (χ1v) is 12.2. The van der Waals surface area contributed by atoms with E-state index in [1.807, 2.05) is 24.3 Å². The summed E-state index contributed by atoms with van der Waals surface area (Å²) in [6, 6.07) is 26.4. The van der Waals surface area contributed by atoms with Gasteiger partial charge in [-0.25, -0.2) is 4.79 Å². The van der Waals surface area contributed by atoms with E-state index in [9.17, 15) is 22.4 Å². The SMILES string of the molecule is O=C(N[C@](Cc1ccccc1)(c1cccc(OC(F)(F)C(F)F)c1)c1ccc(Cl)cn1)OCc1ccccc1. The Morgan fingerprint density at radius 1 is 0.897 bits per heavy atom. The van der Waals surface area contributed by atoms with Crippen LogP contribution in [0.5, 0.6) is 5.75 Å². The molecule has 0 saturated carbocycles. The van der Waals surface area contributed by atoms with Crippen LogP contribution in [-0.2, 0) is 23.3 Å². The molecule has 0 bridgehead atoms. The van der Waals surface area contributed by atoms with Crippen molar-refractivity contribution in [1.29, 1.82) is 0 Å². The summed E-state index contributed by atoms with van der Waals surface area (Å²) in [5.41, 5.74) is 0.530. The Kier molecular flexibility index (Phi) is 8.71. The third-order valence-corrected chi connectivity index (χ3v) is 6.06. The number of alkyl halides is 4. The summed E-state index contributed by atoms with van der Waals surface area (Å²) in [6.07, 6.45) is -8.12. The molecule has 1 atom stereocenters. The van der Waals surface area contributed by atoms with Crippen LogP contribution in [0.4, 0.5) is 22.4 Å². The summed E-state index contributed by atoms with van der Waals surface area (Å²) < 4.78 is 63.0. The van der Waals surface area contributed by atoms with E-state index in [0.717, 1.165) is 23.3 Å². The summed E-state index contributed by atoms with van der Waals surface area (Å²) in [4.78, 5) is 17.6. The average Bonchev–Trinajstić information content (AvgIpc) is 2.93. The maximum absolute atomic E-state index is 13.8. The molecule has 39 heavy (non-hydrogen) atoms. The third kappa shape index (κ3) is 7.06. The maximum atomic E-state index is 13.8. The molecular formula is C29H23ClF4N2O3. The van der Waals surface area contributed by atoms with E-state index in [-0.39, 0.29) is 18.6 Å². The number of pyridine rings is 1. The fourth-order valence-electron chi connectivity index (χ4n) is 4.01. The highest BCUT2D eigenvalue weighted by Crippen LogP contribution is 2.36. The number of amides is 1. The summed E-state index contributed by atoms with van der Waals surface area (Å²) >= 11 is 6.07. The Hall–Kier alpha value is -4.11. The highest BCUT2D eigenvalue weighted by molar-refractivity contribution is 6.30. The Bertz CT molecular complexity index is 1380. The topological polar surface area (TPSA) is 60.5 Å². The van der Waals surface area contributed by atoms with Gasteiger partial charge < -0.3 is 14.8 Å². The molecule has 4 aromatic rings.